The minimum atomic E-state index is -0.282. The van der Waals surface area contributed by atoms with Crippen LogP contribution in [0.4, 0.5) is 0 Å². The molecule has 0 unspecified atom stereocenters. The zero-order valence-electron chi connectivity index (χ0n) is 25.8. The van der Waals surface area contributed by atoms with Crippen molar-refractivity contribution in [3.05, 3.63) is 105 Å². The molecule has 1 aromatic heterocycles. The Morgan fingerprint density at radius 2 is 1.08 bits per heavy atom. The Bertz CT molecular complexity index is 1180. The summed E-state index contributed by atoms with van der Waals surface area (Å²) in [5.41, 5.74) is 4.97. The van der Waals surface area contributed by atoms with Crippen LogP contribution in [0.3, 0.4) is 0 Å². The predicted molar refractivity (Wildman–Crippen MR) is 166 cm³/mol. The topological polar surface area (TPSA) is 48.7 Å². The van der Waals surface area contributed by atoms with E-state index < -0.39 is 0 Å². The molecular weight excluding hydrogens is 472 g/mol. The molecule has 0 saturated heterocycles. The standard InChI is InChI=1S/C11H10O2.C8H8O2.C7H8.4C2H6/c1-7-3-4-9-8(2)6-11(12)13-10(9)5-7;1-6-2-3-7-8(4-6)10-5-9-7;1-7-5-3-2-4-6-7;4*1-2/h3-6H,1-2H3;2-4H,5H2,1H3;2-6H,1H3;4*1-2H3. The highest BCUT2D eigenvalue weighted by Crippen LogP contribution is 2.31. The fraction of sp³-hybridized carbons (Fsp3) is 0.382. The van der Waals surface area contributed by atoms with Crippen LogP contribution in [0.5, 0.6) is 11.5 Å². The number of ether oxygens (including phenoxy) is 2. The van der Waals surface area contributed by atoms with E-state index in [1.165, 1.54) is 17.2 Å². The van der Waals surface area contributed by atoms with Crippen molar-refractivity contribution in [2.24, 2.45) is 0 Å². The molecule has 210 valence electrons. The van der Waals surface area contributed by atoms with Gasteiger partial charge in [-0.3, -0.25) is 0 Å². The van der Waals surface area contributed by atoms with Gasteiger partial charge in [0.2, 0.25) is 6.79 Å². The van der Waals surface area contributed by atoms with E-state index >= 15 is 0 Å². The normalized spacial score (nSPS) is 9.47. The second-order valence-corrected chi connectivity index (χ2v) is 7.26. The van der Waals surface area contributed by atoms with E-state index in [0.717, 1.165) is 28.0 Å². The number of hydrogen-bond donors (Lipinski definition) is 0. The molecule has 0 aliphatic carbocycles. The van der Waals surface area contributed by atoms with Crippen molar-refractivity contribution < 1.29 is 13.9 Å². The van der Waals surface area contributed by atoms with Crippen LogP contribution < -0.4 is 15.1 Å². The van der Waals surface area contributed by atoms with E-state index in [2.05, 4.69) is 19.1 Å². The van der Waals surface area contributed by atoms with Crippen LogP contribution in [0, 0.1) is 27.7 Å². The smallest absolute Gasteiger partial charge is 0.336 e. The first kappa shape index (κ1) is 36.6. The minimum absolute atomic E-state index is 0.282. The fourth-order valence-electron chi connectivity index (χ4n) is 2.97. The van der Waals surface area contributed by atoms with Crippen molar-refractivity contribution in [3.8, 4) is 11.5 Å². The summed E-state index contributed by atoms with van der Waals surface area (Å²) in [5.74, 6) is 1.71. The second kappa shape index (κ2) is 22.7. The molecule has 0 saturated carbocycles. The summed E-state index contributed by atoms with van der Waals surface area (Å²) in [6.45, 7) is 24.4. The van der Waals surface area contributed by atoms with Crippen molar-refractivity contribution >= 4 is 11.0 Å². The van der Waals surface area contributed by atoms with Gasteiger partial charge in [-0.1, -0.05) is 109 Å². The van der Waals surface area contributed by atoms with Gasteiger partial charge in [-0.2, -0.15) is 0 Å². The first-order valence-corrected chi connectivity index (χ1v) is 13.8. The summed E-state index contributed by atoms with van der Waals surface area (Å²) in [4.78, 5) is 11.0. The summed E-state index contributed by atoms with van der Waals surface area (Å²) in [7, 11) is 0. The van der Waals surface area contributed by atoms with E-state index in [1.54, 1.807) is 0 Å². The van der Waals surface area contributed by atoms with Crippen molar-refractivity contribution in [2.75, 3.05) is 6.79 Å². The Labute approximate surface area is 231 Å². The van der Waals surface area contributed by atoms with Gasteiger partial charge in [0, 0.05) is 11.5 Å². The van der Waals surface area contributed by atoms with E-state index in [0.29, 0.717) is 12.4 Å². The highest BCUT2D eigenvalue weighted by Gasteiger charge is 2.11. The molecular formula is C34H50O4. The van der Waals surface area contributed by atoms with Gasteiger partial charge in [-0.25, -0.2) is 4.79 Å². The van der Waals surface area contributed by atoms with E-state index in [9.17, 15) is 4.79 Å². The molecule has 0 atom stereocenters. The molecule has 1 aliphatic rings. The lowest BCUT2D eigenvalue weighted by Crippen LogP contribution is -1.97. The third-order valence-corrected chi connectivity index (χ3v) is 4.58. The van der Waals surface area contributed by atoms with Crippen molar-refractivity contribution in [1.82, 2.24) is 0 Å². The molecule has 2 heterocycles. The average Bonchev–Trinajstić information content (AvgIpc) is 3.42. The van der Waals surface area contributed by atoms with Gasteiger partial charge in [0.25, 0.3) is 0 Å². The maximum atomic E-state index is 11.0. The largest absolute Gasteiger partial charge is 0.454 e. The van der Waals surface area contributed by atoms with Crippen LogP contribution in [0.25, 0.3) is 11.0 Å². The number of fused-ring (bicyclic) bond motifs is 2. The fourth-order valence-corrected chi connectivity index (χ4v) is 2.97. The van der Waals surface area contributed by atoms with Gasteiger partial charge < -0.3 is 13.9 Å². The summed E-state index contributed by atoms with van der Waals surface area (Å²) in [6.07, 6.45) is 0. The summed E-state index contributed by atoms with van der Waals surface area (Å²) in [6, 6.07) is 23.5. The number of aryl methyl sites for hydroxylation is 4. The zero-order chi connectivity index (χ0) is 29.5. The minimum Gasteiger partial charge on any atom is -0.454 e. The Hall–Kier alpha value is -3.53. The van der Waals surface area contributed by atoms with E-state index in [1.807, 2.05) is 131 Å². The van der Waals surface area contributed by atoms with Gasteiger partial charge in [0.15, 0.2) is 11.5 Å². The maximum absolute atomic E-state index is 11.0. The molecule has 0 bridgehead atoms. The van der Waals surface area contributed by atoms with Crippen LogP contribution in [0.1, 0.15) is 77.6 Å². The number of benzene rings is 3. The lowest BCUT2D eigenvalue weighted by Gasteiger charge is -2.00. The molecule has 3 aromatic carbocycles. The highest BCUT2D eigenvalue weighted by molar-refractivity contribution is 5.80. The lowest BCUT2D eigenvalue weighted by molar-refractivity contribution is 0.174. The lowest BCUT2D eigenvalue weighted by atomic mass is 10.1. The molecule has 0 N–H and O–H groups in total. The quantitative estimate of drug-likeness (QED) is 0.216. The number of hydrogen-bond acceptors (Lipinski definition) is 4. The van der Waals surface area contributed by atoms with Crippen molar-refractivity contribution in [3.63, 3.8) is 0 Å². The van der Waals surface area contributed by atoms with Gasteiger partial charge >= 0.3 is 5.63 Å². The van der Waals surface area contributed by atoms with Crippen LogP contribution in [-0.2, 0) is 0 Å². The van der Waals surface area contributed by atoms with Gasteiger partial charge in [0.05, 0.1) is 0 Å². The van der Waals surface area contributed by atoms with E-state index in [-0.39, 0.29) is 5.63 Å². The molecule has 5 rings (SSSR count). The third-order valence-electron chi connectivity index (χ3n) is 4.58. The zero-order valence-corrected chi connectivity index (χ0v) is 25.8. The van der Waals surface area contributed by atoms with Gasteiger partial charge in [0.1, 0.15) is 5.58 Å². The molecule has 38 heavy (non-hydrogen) atoms. The summed E-state index contributed by atoms with van der Waals surface area (Å²) in [5, 5.41) is 1.00. The molecule has 4 heteroatoms. The Kier molecular flexibility index (Phi) is 21.8. The third kappa shape index (κ3) is 13.7. The average molecular weight is 523 g/mol. The summed E-state index contributed by atoms with van der Waals surface area (Å²) < 4.78 is 15.4. The van der Waals surface area contributed by atoms with Crippen LogP contribution in [0.15, 0.2) is 82.0 Å². The van der Waals surface area contributed by atoms with Crippen LogP contribution in [-0.4, -0.2) is 6.79 Å². The van der Waals surface area contributed by atoms with Gasteiger partial charge in [-0.15, -0.1) is 0 Å². The highest BCUT2D eigenvalue weighted by atomic mass is 16.7. The van der Waals surface area contributed by atoms with Gasteiger partial charge in [-0.05, 0) is 62.6 Å². The monoisotopic (exact) mass is 522 g/mol. The van der Waals surface area contributed by atoms with Crippen molar-refractivity contribution in [2.45, 2.75) is 83.1 Å². The van der Waals surface area contributed by atoms with E-state index in [4.69, 9.17) is 13.9 Å². The predicted octanol–water partition coefficient (Wildman–Crippen LogP) is 10.2. The van der Waals surface area contributed by atoms with Crippen LogP contribution in [0.2, 0.25) is 0 Å². The molecule has 0 fully saturated rings. The molecule has 4 nitrogen and oxygen atoms in total. The molecule has 0 spiro atoms. The molecule has 1 aliphatic heterocycles. The first-order valence-electron chi connectivity index (χ1n) is 13.8. The summed E-state index contributed by atoms with van der Waals surface area (Å²) >= 11 is 0. The maximum Gasteiger partial charge on any atom is 0.336 e. The molecule has 4 aromatic rings. The van der Waals surface area contributed by atoms with Crippen molar-refractivity contribution in [1.29, 1.82) is 0 Å². The Morgan fingerprint density at radius 3 is 1.63 bits per heavy atom. The second-order valence-electron chi connectivity index (χ2n) is 7.26. The Balaban J connectivity index is 0. The number of rotatable bonds is 0. The van der Waals surface area contributed by atoms with Crippen LogP contribution >= 0.6 is 0 Å². The first-order chi connectivity index (χ1) is 18.4. The SMILES string of the molecule is CC.CC.CC.CC.Cc1ccc2c(C)cc(=O)oc2c1.Cc1ccc2c(c1)OCO2.Cc1ccccc1. The molecule has 0 radical (unpaired) electrons. The Morgan fingerprint density at radius 1 is 0.553 bits per heavy atom. The molecule has 0 amide bonds.